The van der Waals surface area contributed by atoms with Gasteiger partial charge >= 0.3 is 0 Å². The fraction of sp³-hybridized carbons (Fsp3) is 0.641. The number of amides is 1. The fourth-order valence-electron chi connectivity index (χ4n) is 9.92. The number of carbonyl (C=O) groups is 1. The van der Waals surface area contributed by atoms with Crippen LogP contribution in [0.4, 0.5) is 5.69 Å². The maximum atomic E-state index is 14.0. The molecular weight excluding hydrogens is 658 g/mol. The molecule has 2 saturated heterocycles. The third kappa shape index (κ3) is 6.19. The van der Waals surface area contributed by atoms with Crippen LogP contribution in [-0.4, -0.2) is 90.4 Å². The molecule has 2 bridgehead atoms. The Labute approximate surface area is 297 Å². The molecule has 1 N–H and O–H groups in total. The Balaban J connectivity index is 1.20. The lowest BCUT2D eigenvalue weighted by Crippen LogP contribution is -2.65. The second-order valence-electron chi connectivity index (χ2n) is 16.0. The molecule has 2 aliphatic carbocycles. The zero-order valence-electron chi connectivity index (χ0n) is 29.1. The Hall–Kier alpha value is -2.30. The number of hydrogen-bond donors (Lipinski definition) is 1. The minimum atomic E-state index is -2.90. The van der Waals surface area contributed by atoms with Crippen molar-refractivity contribution in [3.8, 4) is 5.75 Å². The number of nitrogens with zero attached hydrogens (tertiary/aromatic N) is 2. The van der Waals surface area contributed by atoms with E-state index in [0.29, 0.717) is 36.7 Å². The van der Waals surface area contributed by atoms with Crippen molar-refractivity contribution in [3.63, 3.8) is 0 Å². The Morgan fingerprint density at radius 2 is 1.92 bits per heavy atom. The van der Waals surface area contributed by atoms with Crippen molar-refractivity contribution >= 4 is 38.8 Å². The van der Waals surface area contributed by atoms with Gasteiger partial charge in [0.2, 0.25) is 0 Å². The summed E-state index contributed by atoms with van der Waals surface area (Å²) in [7, 11) is -2.90. The first kappa shape index (κ1) is 33.8. The van der Waals surface area contributed by atoms with E-state index in [1.807, 2.05) is 25.1 Å². The van der Waals surface area contributed by atoms with Crippen LogP contribution in [0.1, 0.15) is 80.3 Å². The maximum Gasteiger partial charge on any atom is 0.262 e. The second-order valence-corrected chi connectivity index (χ2v) is 18.9. The summed E-state index contributed by atoms with van der Waals surface area (Å²) < 4.78 is 36.5. The monoisotopic (exact) mass is 709 g/mol. The number of ether oxygens (including phenoxy) is 3. The van der Waals surface area contributed by atoms with E-state index in [4.69, 9.17) is 25.8 Å². The number of aryl methyl sites for hydroxylation is 1. The summed E-state index contributed by atoms with van der Waals surface area (Å²) in [5.41, 5.74) is 3.64. The molecule has 8 atom stereocenters. The summed E-state index contributed by atoms with van der Waals surface area (Å²) >= 11 is 6.50. The third-order valence-corrected chi connectivity index (χ3v) is 15.6. The highest BCUT2D eigenvalue weighted by Gasteiger charge is 2.53. The molecule has 266 valence electrons. The second kappa shape index (κ2) is 13.0. The SMILES string of the molecule is C=S1(=O)NC(=O)c2ccc3c(c2)N(C[C@@H]2CC[C@H]2[C@@]2(CCC[C@H](C)[C@H]1C)CN1CCOC[C@H]1CO2)C[C@@]1(CCCc2cc(Cl)ccc21)CO3. The van der Waals surface area contributed by atoms with E-state index in [-0.39, 0.29) is 28.1 Å². The first-order valence-electron chi connectivity index (χ1n) is 18.5. The van der Waals surface area contributed by atoms with Crippen molar-refractivity contribution in [1.82, 2.24) is 9.62 Å². The van der Waals surface area contributed by atoms with Crippen LogP contribution in [0.2, 0.25) is 5.02 Å². The number of rotatable bonds is 0. The third-order valence-electron chi connectivity index (χ3n) is 13.2. The van der Waals surface area contributed by atoms with E-state index in [1.165, 1.54) is 11.1 Å². The molecule has 0 radical (unpaired) electrons. The molecule has 4 heterocycles. The van der Waals surface area contributed by atoms with Gasteiger partial charge in [-0.05, 0) is 117 Å². The molecule has 8 rings (SSSR count). The van der Waals surface area contributed by atoms with Gasteiger partial charge in [-0.3, -0.25) is 14.4 Å². The Morgan fingerprint density at radius 1 is 1.04 bits per heavy atom. The van der Waals surface area contributed by atoms with E-state index < -0.39 is 9.71 Å². The van der Waals surface area contributed by atoms with Crippen LogP contribution in [0.15, 0.2) is 36.4 Å². The molecule has 1 amide bonds. The van der Waals surface area contributed by atoms with Crippen molar-refractivity contribution in [1.29, 1.82) is 0 Å². The smallest absolute Gasteiger partial charge is 0.262 e. The molecule has 10 heteroatoms. The largest absolute Gasteiger partial charge is 0.490 e. The van der Waals surface area contributed by atoms with Crippen molar-refractivity contribution in [2.24, 2.45) is 17.8 Å². The zero-order chi connectivity index (χ0) is 34.0. The Kier molecular flexibility index (Phi) is 9.00. The molecule has 0 aromatic heterocycles. The van der Waals surface area contributed by atoms with Gasteiger partial charge in [0, 0.05) is 47.4 Å². The molecule has 1 unspecified atom stereocenters. The Morgan fingerprint density at radius 3 is 2.76 bits per heavy atom. The van der Waals surface area contributed by atoms with Gasteiger partial charge < -0.3 is 19.1 Å². The maximum absolute atomic E-state index is 14.0. The number of morpholine rings is 2. The fourth-order valence-corrected chi connectivity index (χ4v) is 11.6. The molecule has 2 aromatic rings. The molecule has 4 aliphatic heterocycles. The van der Waals surface area contributed by atoms with Crippen LogP contribution in [0.3, 0.4) is 0 Å². The van der Waals surface area contributed by atoms with E-state index in [0.717, 1.165) is 107 Å². The molecule has 1 saturated carbocycles. The quantitative estimate of drug-likeness (QED) is 0.343. The standard InChI is InChI=1S/C39H52ClN3O5S/c1-26-6-4-15-39(24-42-16-17-46-21-32(42)22-48-39)34-11-8-30(34)20-43-23-38(14-5-7-28-18-31(40)10-12-33(28)38)25-47-36-13-9-29(19-35(36)43)37(44)41-49(3,45)27(26)2/h9-10,12-13,18-19,26-27,30,32,34H,3-8,11,14-17,20-25H2,1-2H3,(H,41,44,45)/t26-,27+,30-,32-,34+,38-,39+,49?/m0/s1. The highest BCUT2D eigenvalue weighted by atomic mass is 35.5. The average Bonchev–Trinajstić information content (AvgIpc) is 3.22. The molecule has 2 spiro atoms. The summed E-state index contributed by atoms with van der Waals surface area (Å²) in [5, 5.41) is 0.505. The summed E-state index contributed by atoms with van der Waals surface area (Å²) in [6.45, 7) is 10.5. The normalized spacial score (nSPS) is 38.3. The van der Waals surface area contributed by atoms with E-state index in [2.05, 4.69) is 39.4 Å². The van der Waals surface area contributed by atoms with Gasteiger partial charge in [0.05, 0.1) is 53.5 Å². The summed E-state index contributed by atoms with van der Waals surface area (Å²) in [5.74, 6) is 5.55. The number of benzene rings is 2. The zero-order valence-corrected chi connectivity index (χ0v) is 30.7. The average molecular weight is 710 g/mol. The van der Waals surface area contributed by atoms with Crippen LogP contribution < -0.4 is 14.4 Å². The number of hydrogen-bond acceptors (Lipinski definition) is 7. The van der Waals surface area contributed by atoms with Crippen molar-refractivity contribution < 1.29 is 23.2 Å². The lowest BCUT2D eigenvalue weighted by molar-refractivity contribution is -0.212. The highest BCUT2D eigenvalue weighted by Crippen LogP contribution is 2.51. The minimum absolute atomic E-state index is 0.132. The van der Waals surface area contributed by atoms with Crippen LogP contribution in [0.25, 0.3) is 0 Å². The molecule has 49 heavy (non-hydrogen) atoms. The summed E-state index contributed by atoms with van der Waals surface area (Å²) in [4.78, 5) is 18.9. The molecule has 2 aromatic carbocycles. The van der Waals surface area contributed by atoms with Gasteiger partial charge in [-0.2, -0.15) is 0 Å². The van der Waals surface area contributed by atoms with Gasteiger partial charge in [0.1, 0.15) is 5.75 Å². The van der Waals surface area contributed by atoms with Gasteiger partial charge in [0.25, 0.3) is 5.91 Å². The number of carbonyl (C=O) groups excluding carboxylic acids is 1. The van der Waals surface area contributed by atoms with Gasteiger partial charge in [-0.25, -0.2) is 4.21 Å². The molecular formula is C39H52ClN3O5S. The minimum Gasteiger partial charge on any atom is -0.490 e. The van der Waals surface area contributed by atoms with Crippen LogP contribution in [-0.2, 0) is 31.0 Å². The predicted molar refractivity (Wildman–Crippen MR) is 197 cm³/mol. The van der Waals surface area contributed by atoms with E-state index in [9.17, 15) is 9.00 Å². The first-order chi connectivity index (χ1) is 23.6. The van der Waals surface area contributed by atoms with Gasteiger partial charge in [-0.15, -0.1) is 0 Å². The number of nitrogens with one attached hydrogen (secondary N) is 1. The van der Waals surface area contributed by atoms with Crippen molar-refractivity contribution in [2.75, 3.05) is 57.5 Å². The Bertz CT molecular complexity index is 1700. The first-order valence-corrected chi connectivity index (χ1v) is 20.7. The van der Waals surface area contributed by atoms with Crippen LogP contribution in [0.5, 0.6) is 5.75 Å². The predicted octanol–water partition coefficient (Wildman–Crippen LogP) is 5.88. The number of halogens is 1. The topological polar surface area (TPSA) is 80.3 Å². The summed E-state index contributed by atoms with van der Waals surface area (Å²) in [6.07, 6.45) is 8.30. The van der Waals surface area contributed by atoms with Crippen LogP contribution in [0, 0.1) is 17.8 Å². The molecule has 8 nitrogen and oxygen atoms in total. The lowest BCUT2D eigenvalue weighted by Gasteiger charge is -2.57. The van der Waals surface area contributed by atoms with Gasteiger partial charge in [-0.1, -0.05) is 31.0 Å². The molecule has 6 aliphatic rings. The number of fused-ring (bicyclic) bond motifs is 6. The van der Waals surface area contributed by atoms with E-state index >= 15 is 0 Å². The number of anilines is 1. The molecule has 3 fully saturated rings. The van der Waals surface area contributed by atoms with E-state index in [1.54, 1.807) is 6.07 Å². The van der Waals surface area contributed by atoms with Gasteiger partial charge in [0.15, 0.2) is 0 Å². The van der Waals surface area contributed by atoms with Crippen molar-refractivity contribution in [2.45, 2.75) is 87.5 Å². The highest BCUT2D eigenvalue weighted by molar-refractivity contribution is 7.99. The van der Waals surface area contributed by atoms with Crippen LogP contribution >= 0.6 is 11.6 Å². The van der Waals surface area contributed by atoms with Crippen molar-refractivity contribution in [3.05, 3.63) is 58.1 Å². The lowest BCUT2D eigenvalue weighted by atomic mass is 9.62. The summed E-state index contributed by atoms with van der Waals surface area (Å²) in [6, 6.07) is 12.4.